The molecule has 1 atom stereocenters. The van der Waals surface area contributed by atoms with Gasteiger partial charge in [0, 0.05) is 12.0 Å². The summed E-state index contributed by atoms with van der Waals surface area (Å²) in [4.78, 5) is 12.8. The highest BCUT2D eigenvalue weighted by Crippen LogP contribution is 2.32. The molecule has 2 aromatic rings. The minimum Gasteiger partial charge on any atom is -0.508 e. The molecule has 0 aliphatic heterocycles. The van der Waals surface area contributed by atoms with E-state index >= 15 is 0 Å². The minimum atomic E-state index is -1.36. The first-order chi connectivity index (χ1) is 14.1. The Hall–Kier alpha value is -3.05. The summed E-state index contributed by atoms with van der Waals surface area (Å²) in [7, 11) is 0. The molecule has 0 saturated heterocycles. The van der Waals surface area contributed by atoms with Crippen LogP contribution >= 0.6 is 0 Å². The number of carbonyl (C=O) groups excluding carboxylic acids is 1. The summed E-state index contributed by atoms with van der Waals surface area (Å²) >= 11 is 0. The van der Waals surface area contributed by atoms with Crippen molar-refractivity contribution in [2.24, 2.45) is 0 Å². The van der Waals surface area contributed by atoms with Crippen LogP contribution in [0.4, 0.5) is 0 Å². The second-order valence-corrected chi connectivity index (χ2v) is 7.98. The monoisotopic (exact) mass is 410 g/mol. The maximum Gasteiger partial charge on any atom is 0.195 e. The van der Waals surface area contributed by atoms with E-state index in [-0.39, 0.29) is 41.2 Å². The molecule has 30 heavy (non-hydrogen) atoms. The number of Topliss-reactive ketones (excluding diaryl/α,β-unsaturated/α-hetero) is 1. The molecule has 4 N–H and O–H groups in total. The SMILES string of the molecule is CC(C)=CCc1cc(C[C@@H](O)C(=O)c2ccc(O)c(CC=C(C)C)c2O)ccc1O. The van der Waals surface area contributed by atoms with Gasteiger partial charge in [-0.05, 0) is 69.9 Å². The number of rotatable bonds is 8. The quantitative estimate of drug-likeness (QED) is 0.376. The van der Waals surface area contributed by atoms with E-state index in [1.54, 1.807) is 18.2 Å². The lowest BCUT2D eigenvalue weighted by Crippen LogP contribution is -2.23. The number of allylic oxidation sites excluding steroid dienone is 4. The first-order valence-electron chi connectivity index (χ1n) is 9.93. The van der Waals surface area contributed by atoms with Crippen molar-refractivity contribution < 1.29 is 25.2 Å². The van der Waals surface area contributed by atoms with Gasteiger partial charge in [-0.1, -0.05) is 35.4 Å². The molecular formula is C25H30O5. The fraction of sp³-hybridized carbons (Fsp3) is 0.320. The number of benzene rings is 2. The number of phenols is 3. The zero-order valence-electron chi connectivity index (χ0n) is 17.9. The van der Waals surface area contributed by atoms with Crippen LogP contribution in [0.1, 0.15) is 54.7 Å². The van der Waals surface area contributed by atoms with Crippen LogP contribution in [0.15, 0.2) is 53.6 Å². The molecule has 0 radical (unpaired) electrons. The van der Waals surface area contributed by atoms with Gasteiger partial charge in [0.1, 0.15) is 23.4 Å². The zero-order valence-corrected chi connectivity index (χ0v) is 17.9. The molecule has 5 heteroatoms. The number of aliphatic hydroxyl groups is 1. The third-order valence-corrected chi connectivity index (χ3v) is 4.84. The van der Waals surface area contributed by atoms with Crippen LogP contribution in [0.3, 0.4) is 0 Å². The van der Waals surface area contributed by atoms with Gasteiger partial charge in [-0.15, -0.1) is 0 Å². The standard InChI is InChI=1S/C25H30O5/c1-15(2)5-8-18-13-17(7-11-21(18)26)14-23(28)25(30)20-10-12-22(27)19(24(20)29)9-6-16(3)4/h5-7,10-13,23,26-29H,8-9,14H2,1-4H3/t23-/m1/s1. The Kier molecular flexibility index (Phi) is 7.84. The summed E-state index contributed by atoms with van der Waals surface area (Å²) in [6.07, 6.45) is 3.34. The van der Waals surface area contributed by atoms with Crippen molar-refractivity contribution in [2.45, 2.75) is 53.1 Å². The number of aliphatic hydroxyl groups excluding tert-OH is 1. The summed E-state index contributed by atoms with van der Waals surface area (Å²) in [5.74, 6) is -0.868. The van der Waals surface area contributed by atoms with Gasteiger partial charge < -0.3 is 20.4 Å². The Morgan fingerprint density at radius 1 is 0.900 bits per heavy atom. The van der Waals surface area contributed by atoms with E-state index in [0.29, 0.717) is 17.5 Å². The predicted octanol–water partition coefficient (Wildman–Crippen LogP) is 4.61. The van der Waals surface area contributed by atoms with Crippen LogP contribution in [0.5, 0.6) is 17.2 Å². The molecule has 0 aliphatic carbocycles. The van der Waals surface area contributed by atoms with E-state index < -0.39 is 11.9 Å². The van der Waals surface area contributed by atoms with Gasteiger partial charge in [-0.2, -0.15) is 0 Å². The number of hydrogen-bond donors (Lipinski definition) is 4. The van der Waals surface area contributed by atoms with E-state index in [2.05, 4.69) is 0 Å². The van der Waals surface area contributed by atoms with E-state index in [4.69, 9.17) is 0 Å². The van der Waals surface area contributed by atoms with Crippen LogP contribution in [-0.4, -0.2) is 32.3 Å². The fourth-order valence-corrected chi connectivity index (χ4v) is 3.07. The number of phenolic OH excluding ortho intramolecular Hbond substituents is 3. The van der Waals surface area contributed by atoms with E-state index in [0.717, 1.165) is 11.1 Å². The first kappa shape index (κ1) is 23.2. The van der Waals surface area contributed by atoms with Gasteiger partial charge in [0.15, 0.2) is 5.78 Å². The van der Waals surface area contributed by atoms with Gasteiger partial charge in [0.05, 0.1) is 5.56 Å². The summed E-state index contributed by atoms with van der Waals surface area (Å²) in [6, 6.07) is 7.65. The maximum atomic E-state index is 12.8. The van der Waals surface area contributed by atoms with Crippen molar-refractivity contribution in [2.75, 3.05) is 0 Å². The third-order valence-electron chi connectivity index (χ3n) is 4.84. The number of carbonyl (C=O) groups is 1. The van der Waals surface area contributed by atoms with Gasteiger partial charge in [-0.3, -0.25) is 4.79 Å². The lowest BCUT2D eigenvalue weighted by molar-refractivity contribution is 0.0745. The molecule has 0 aliphatic rings. The van der Waals surface area contributed by atoms with Crippen molar-refractivity contribution >= 4 is 5.78 Å². The average Bonchev–Trinajstić information content (AvgIpc) is 2.67. The summed E-state index contributed by atoms with van der Waals surface area (Å²) in [5, 5.41) is 41.1. The highest BCUT2D eigenvalue weighted by molar-refractivity contribution is 6.02. The second-order valence-electron chi connectivity index (χ2n) is 7.98. The van der Waals surface area contributed by atoms with Gasteiger partial charge >= 0.3 is 0 Å². The van der Waals surface area contributed by atoms with Crippen molar-refractivity contribution in [3.63, 3.8) is 0 Å². The van der Waals surface area contributed by atoms with Gasteiger partial charge in [0.25, 0.3) is 0 Å². The average molecular weight is 411 g/mol. The lowest BCUT2D eigenvalue weighted by Gasteiger charge is -2.14. The predicted molar refractivity (Wildman–Crippen MR) is 118 cm³/mol. The van der Waals surface area contributed by atoms with Crippen molar-refractivity contribution in [1.29, 1.82) is 0 Å². The largest absolute Gasteiger partial charge is 0.508 e. The molecule has 0 amide bonds. The number of aromatic hydroxyl groups is 3. The molecule has 0 heterocycles. The Morgan fingerprint density at radius 3 is 2.13 bits per heavy atom. The van der Waals surface area contributed by atoms with E-state index in [9.17, 15) is 25.2 Å². The van der Waals surface area contributed by atoms with Gasteiger partial charge in [-0.25, -0.2) is 0 Å². The molecule has 160 valence electrons. The third kappa shape index (κ3) is 5.97. The maximum absolute atomic E-state index is 12.8. The smallest absolute Gasteiger partial charge is 0.195 e. The zero-order chi connectivity index (χ0) is 22.4. The highest BCUT2D eigenvalue weighted by atomic mass is 16.3. The Balaban J connectivity index is 2.24. The second kappa shape index (κ2) is 10.1. The van der Waals surface area contributed by atoms with Crippen LogP contribution in [0.25, 0.3) is 0 Å². The molecule has 0 aromatic heterocycles. The van der Waals surface area contributed by atoms with Crippen molar-refractivity contribution in [3.8, 4) is 17.2 Å². The lowest BCUT2D eigenvalue weighted by atomic mass is 9.95. The van der Waals surface area contributed by atoms with Crippen molar-refractivity contribution in [3.05, 3.63) is 75.9 Å². The summed E-state index contributed by atoms with van der Waals surface area (Å²) < 4.78 is 0. The Morgan fingerprint density at radius 2 is 1.50 bits per heavy atom. The number of hydrogen-bond acceptors (Lipinski definition) is 5. The Labute approximate surface area is 177 Å². The van der Waals surface area contributed by atoms with E-state index in [1.807, 2.05) is 39.8 Å². The van der Waals surface area contributed by atoms with Crippen LogP contribution in [-0.2, 0) is 19.3 Å². The summed E-state index contributed by atoms with van der Waals surface area (Å²) in [6.45, 7) is 7.74. The van der Waals surface area contributed by atoms with Crippen LogP contribution in [0, 0.1) is 0 Å². The van der Waals surface area contributed by atoms with E-state index in [1.165, 1.54) is 12.1 Å². The van der Waals surface area contributed by atoms with Crippen LogP contribution in [0.2, 0.25) is 0 Å². The molecule has 0 unspecified atom stereocenters. The molecule has 0 spiro atoms. The number of ketones is 1. The Bertz CT molecular complexity index is 977. The molecular weight excluding hydrogens is 380 g/mol. The van der Waals surface area contributed by atoms with Gasteiger partial charge in [0.2, 0.25) is 0 Å². The molecule has 0 saturated carbocycles. The van der Waals surface area contributed by atoms with Crippen molar-refractivity contribution in [1.82, 2.24) is 0 Å². The molecule has 5 nitrogen and oxygen atoms in total. The topological polar surface area (TPSA) is 98.0 Å². The minimum absolute atomic E-state index is 0.0269. The molecule has 2 rings (SSSR count). The highest BCUT2D eigenvalue weighted by Gasteiger charge is 2.23. The fourth-order valence-electron chi connectivity index (χ4n) is 3.07. The normalized spacial score (nSPS) is 11.6. The summed E-state index contributed by atoms with van der Waals surface area (Å²) in [5.41, 5.74) is 3.78. The van der Waals surface area contributed by atoms with Crippen LogP contribution < -0.4 is 0 Å². The molecule has 0 bridgehead atoms. The molecule has 2 aromatic carbocycles. The molecule has 0 fully saturated rings. The first-order valence-corrected chi connectivity index (χ1v) is 9.93.